The molecule has 0 spiro atoms. The molecule has 0 aliphatic carbocycles. The van der Waals surface area contributed by atoms with E-state index < -0.39 is 11.9 Å². The second-order valence-electron chi connectivity index (χ2n) is 5.87. The van der Waals surface area contributed by atoms with Crippen molar-refractivity contribution in [1.82, 2.24) is 0 Å². The lowest BCUT2D eigenvalue weighted by Crippen LogP contribution is -2.21. The van der Waals surface area contributed by atoms with E-state index in [2.05, 4.69) is 5.32 Å². The van der Waals surface area contributed by atoms with Crippen LogP contribution in [0.2, 0.25) is 0 Å². The zero-order valence-electron chi connectivity index (χ0n) is 15.4. The van der Waals surface area contributed by atoms with E-state index in [4.69, 9.17) is 14.2 Å². The molecular weight excluding hydrogens is 334 g/mol. The molecular formula is C20H23NO5. The van der Waals surface area contributed by atoms with E-state index in [0.29, 0.717) is 17.2 Å². The van der Waals surface area contributed by atoms with Crippen LogP contribution < -0.4 is 14.8 Å². The summed E-state index contributed by atoms with van der Waals surface area (Å²) in [4.78, 5) is 23.9. The first kappa shape index (κ1) is 19.3. The Bertz CT molecular complexity index is 801. The van der Waals surface area contributed by atoms with Crippen molar-refractivity contribution in [2.45, 2.75) is 20.3 Å². The molecule has 0 unspecified atom stereocenters. The molecule has 1 N–H and O–H groups in total. The Labute approximate surface area is 153 Å². The maximum Gasteiger partial charge on any atom is 0.310 e. The van der Waals surface area contributed by atoms with E-state index in [1.165, 1.54) is 14.2 Å². The number of anilines is 1. The van der Waals surface area contributed by atoms with Crippen LogP contribution in [0.3, 0.4) is 0 Å². The van der Waals surface area contributed by atoms with Gasteiger partial charge in [-0.3, -0.25) is 9.59 Å². The minimum absolute atomic E-state index is 0.130. The molecule has 0 aromatic heterocycles. The third-order valence-electron chi connectivity index (χ3n) is 3.95. The summed E-state index contributed by atoms with van der Waals surface area (Å²) in [5, 5.41) is 2.65. The fourth-order valence-corrected chi connectivity index (χ4v) is 2.39. The number of rotatable bonds is 7. The fraction of sp³-hybridized carbons (Fsp3) is 0.300. The van der Waals surface area contributed by atoms with Crippen LogP contribution >= 0.6 is 0 Å². The van der Waals surface area contributed by atoms with Crippen molar-refractivity contribution in [3.63, 3.8) is 0 Å². The quantitative estimate of drug-likeness (QED) is 0.771. The minimum atomic E-state index is -0.448. The van der Waals surface area contributed by atoms with E-state index in [1.807, 2.05) is 32.0 Å². The number of nitrogens with one attached hydrogen (secondary N) is 1. The number of esters is 1. The van der Waals surface area contributed by atoms with Gasteiger partial charge in [-0.05, 0) is 42.7 Å². The van der Waals surface area contributed by atoms with Crippen molar-refractivity contribution in [2.75, 3.05) is 26.1 Å². The maximum absolute atomic E-state index is 12.0. The first-order valence-electron chi connectivity index (χ1n) is 8.16. The monoisotopic (exact) mass is 357 g/mol. The van der Waals surface area contributed by atoms with E-state index in [1.54, 1.807) is 18.2 Å². The summed E-state index contributed by atoms with van der Waals surface area (Å²) in [5.74, 6) is 0.184. The van der Waals surface area contributed by atoms with Crippen LogP contribution in [0.1, 0.15) is 16.7 Å². The van der Waals surface area contributed by atoms with Crippen LogP contribution in [-0.4, -0.2) is 32.7 Å². The van der Waals surface area contributed by atoms with E-state index in [0.717, 1.165) is 16.7 Å². The molecule has 26 heavy (non-hydrogen) atoms. The Kier molecular flexibility index (Phi) is 6.60. The molecule has 2 aromatic rings. The number of hydrogen-bond donors (Lipinski definition) is 1. The fourth-order valence-electron chi connectivity index (χ4n) is 2.39. The molecule has 6 heteroatoms. The predicted molar refractivity (Wildman–Crippen MR) is 98.8 cm³/mol. The molecule has 0 radical (unpaired) electrons. The molecule has 1 amide bonds. The second-order valence-corrected chi connectivity index (χ2v) is 5.87. The third kappa shape index (κ3) is 5.24. The van der Waals surface area contributed by atoms with Gasteiger partial charge in [-0.15, -0.1) is 0 Å². The SMILES string of the molecule is COc1ccc(NC(=O)COC(=O)Cc2ccc(C)c(C)c2)cc1OC. The smallest absolute Gasteiger partial charge is 0.310 e. The normalized spacial score (nSPS) is 10.2. The summed E-state index contributed by atoms with van der Waals surface area (Å²) >= 11 is 0. The summed E-state index contributed by atoms with van der Waals surface area (Å²) in [6.07, 6.45) is 0.130. The first-order valence-corrected chi connectivity index (χ1v) is 8.16. The highest BCUT2D eigenvalue weighted by molar-refractivity contribution is 5.93. The van der Waals surface area contributed by atoms with Crippen LogP contribution in [0, 0.1) is 13.8 Å². The maximum atomic E-state index is 12.0. The summed E-state index contributed by atoms with van der Waals surface area (Å²) < 4.78 is 15.4. The number of carbonyl (C=O) groups excluding carboxylic acids is 2. The van der Waals surface area contributed by atoms with Crippen LogP contribution in [0.5, 0.6) is 11.5 Å². The summed E-state index contributed by atoms with van der Waals surface area (Å²) in [7, 11) is 3.04. The van der Waals surface area contributed by atoms with Crippen LogP contribution in [-0.2, 0) is 20.7 Å². The van der Waals surface area contributed by atoms with Gasteiger partial charge in [0.2, 0.25) is 0 Å². The average Bonchev–Trinajstić information content (AvgIpc) is 2.63. The van der Waals surface area contributed by atoms with Crippen LogP contribution in [0.15, 0.2) is 36.4 Å². The number of carbonyl (C=O) groups is 2. The van der Waals surface area contributed by atoms with Crippen LogP contribution in [0.25, 0.3) is 0 Å². The van der Waals surface area contributed by atoms with Gasteiger partial charge in [-0.2, -0.15) is 0 Å². The third-order valence-corrected chi connectivity index (χ3v) is 3.95. The zero-order chi connectivity index (χ0) is 19.1. The van der Waals surface area contributed by atoms with Crippen molar-refractivity contribution < 1.29 is 23.8 Å². The highest BCUT2D eigenvalue weighted by Crippen LogP contribution is 2.29. The Morgan fingerprint density at radius 1 is 0.923 bits per heavy atom. The number of benzene rings is 2. The van der Waals surface area contributed by atoms with Gasteiger partial charge in [-0.25, -0.2) is 0 Å². The molecule has 2 rings (SSSR count). The Morgan fingerprint density at radius 3 is 2.31 bits per heavy atom. The summed E-state index contributed by atoms with van der Waals surface area (Å²) in [6, 6.07) is 10.8. The van der Waals surface area contributed by atoms with Crippen molar-refractivity contribution in [3.8, 4) is 11.5 Å². The lowest BCUT2D eigenvalue weighted by Gasteiger charge is -2.11. The Morgan fingerprint density at radius 2 is 1.65 bits per heavy atom. The molecule has 0 fully saturated rings. The van der Waals surface area contributed by atoms with Crippen molar-refractivity contribution in [3.05, 3.63) is 53.1 Å². The molecule has 0 saturated carbocycles. The highest BCUT2D eigenvalue weighted by atomic mass is 16.5. The van der Waals surface area contributed by atoms with Gasteiger partial charge in [0.25, 0.3) is 5.91 Å². The molecule has 138 valence electrons. The van der Waals surface area contributed by atoms with Gasteiger partial charge in [0.15, 0.2) is 18.1 Å². The van der Waals surface area contributed by atoms with Crippen molar-refractivity contribution in [1.29, 1.82) is 0 Å². The molecule has 0 aliphatic heterocycles. The molecule has 0 aliphatic rings. The van der Waals surface area contributed by atoms with Crippen molar-refractivity contribution >= 4 is 17.6 Å². The Hall–Kier alpha value is -3.02. The lowest BCUT2D eigenvalue weighted by atomic mass is 10.0. The molecule has 0 saturated heterocycles. The highest BCUT2D eigenvalue weighted by Gasteiger charge is 2.11. The standard InChI is InChI=1S/C20H23NO5/c1-13-5-6-15(9-14(13)2)10-20(23)26-12-19(22)21-16-7-8-17(24-3)18(11-16)25-4/h5-9,11H,10,12H2,1-4H3,(H,21,22). The van der Waals surface area contributed by atoms with Gasteiger partial charge in [-0.1, -0.05) is 18.2 Å². The first-order chi connectivity index (χ1) is 12.4. The van der Waals surface area contributed by atoms with Gasteiger partial charge in [0, 0.05) is 11.8 Å². The Balaban J connectivity index is 1.86. The average molecular weight is 357 g/mol. The zero-order valence-corrected chi connectivity index (χ0v) is 15.4. The number of ether oxygens (including phenoxy) is 3. The number of methoxy groups -OCH3 is 2. The largest absolute Gasteiger partial charge is 0.493 e. The van der Waals surface area contributed by atoms with Gasteiger partial charge >= 0.3 is 5.97 Å². The van der Waals surface area contributed by atoms with Gasteiger partial charge in [0.05, 0.1) is 20.6 Å². The van der Waals surface area contributed by atoms with Gasteiger partial charge in [0.1, 0.15) is 0 Å². The summed E-state index contributed by atoms with van der Waals surface area (Å²) in [5.41, 5.74) is 3.66. The van der Waals surface area contributed by atoms with E-state index >= 15 is 0 Å². The van der Waals surface area contributed by atoms with Crippen LogP contribution in [0.4, 0.5) is 5.69 Å². The van der Waals surface area contributed by atoms with Crippen molar-refractivity contribution in [2.24, 2.45) is 0 Å². The van der Waals surface area contributed by atoms with E-state index in [-0.39, 0.29) is 13.0 Å². The van der Waals surface area contributed by atoms with Gasteiger partial charge < -0.3 is 19.5 Å². The second kappa shape index (κ2) is 8.89. The number of aryl methyl sites for hydroxylation is 2. The molecule has 0 heterocycles. The molecule has 0 bridgehead atoms. The topological polar surface area (TPSA) is 73.9 Å². The predicted octanol–water partition coefficient (Wildman–Crippen LogP) is 3.05. The van der Waals surface area contributed by atoms with E-state index in [9.17, 15) is 9.59 Å². The molecule has 0 atom stereocenters. The summed E-state index contributed by atoms with van der Waals surface area (Å²) in [6.45, 7) is 3.65. The molecule has 2 aromatic carbocycles. The minimum Gasteiger partial charge on any atom is -0.493 e. The number of hydrogen-bond acceptors (Lipinski definition) is 5. The molecule has 6 nitrogen and oxygen atoms in total. The lowest BCUT2D eigenvalue weighted by molar-refractivity contribution is -0.146. The number of amides is 1.